The molecule has 0 atom stereocenters. The van der Waals surface area contributed by atoms with E-state index in [1.807, 2.05) is 22.6 Å². The van der Waals surface area contributed by atoms with Gasteiger partial charge in [-0.05, 0) is 46.9 Å². The minimum absolute atomic E-state index is 0.0652. The second-order valence-corrected chi connectivity index (χ2v) is 5.55. The number of alkyl halides is 2. The maximum absolute atomic E-state index is 10.8. The predicted molar refractivity (Wildman–Crippen MR) is 110 cm³/mol. The number of hydrogen-bond donors (Lipinski definition) is 0. The first-order valence-electron chi connectivity index (χ1n) is 7.57. The van der Waals surface area contributed by atoms with Crippen LogP contribution in [-0.4, -0.2) is 32.8 Å². The highest BCUT2D eigenvalue weighted by molar-refractivity contribution is 14.1. The number of nitro benzene ring substituents is 2. The zero-order chi connectivity index (χ0) is 22.5. The molecule has 0 aliphatic rings. The van der Waals surface area contributed by atoms with Crippen LogP contribution in [0.5, 0.6) is 11.5 Å². The Hall–Kier alpha value is -3.20. The monoisotopic (exact) mass is 554 g/mol. The lowest BCUT2D eigenvalue weighted by Gasteiger charge is -2.02. The smallest absolute Gasteiger partial charge is 0.423 e. The summed E-state index contributed by atoms with van der Waals surface area (Å²) in [5, 5.41) is 20.6. The zero-order valence-electron chi connectivity index (χ0n) is 14.8. The quantitative estimate of drug-likeness (QED) is 0.121. The number of hydrogen-bond acceptors (Lipinski definition) is 10. The van der Waals surface area contributed by atoms with E-state index in [0.29, 0.717) is 0 Å². The van der Waals surface area contributed by atoms with Crippen molar-refractivity contribution in [2.75, 3.05) is 10.7 Å². The highest BCUT2D eigenvalue weighted by Crippen LogP contribution is 2.18. The molecule has 2 aromatic carbocycles. The molecule has 0 unspecified atom stereocenters. The lowest BCUT2D eigenvalue weighted by atomic mass is 10.3. The Balaban J connectivity index is 0.000000300. The molecule has 0 saturated heterocycles. The van der Waals surface area contributed by atoms with Crippen molar-refractivity contribution in [3.8, 4) is 11.5 Å². The Labute approximate surface area is 187 Å². The van der Waals surface area contributed by atoms with E-state index in [1.165, 1.54) is 48.5 Å². The molecule has 0 radical (unpaired) electrons. The first-order chi connectivity index (χ1) is 14.3. The average Bonchev–Trinajstić information content (AvgIpc) is 2.69. The number of carbonyl (C=O) groups is 2. The molecular formula is C16H12ClIN2O10. The average molecular weight is 555 g/mol. The molecule has 0 saturated carbocycles. The summed E-state index contributed by atoms with van der Waals surface area (Å²) in [5.74, 6) is 0.353. The number of ether oxygens (including phenoxy) is 4. The SMILES string of the molecule is O=C(OCCl)Oc1ccc([N+](=O)[O-])cc1.O=C(OCI)Oc1ccc([N+](=O)[O-])cc1. The minimum atomic E-state index is -0.959. The molecule has 0 heterocycles. The van der Waals surface area contributed by atoms with Crippen LogP contribution < -0.4 is 9.47 Å². The highest BCUT2D eigenvalue weighted by atomic mass is 127. The normalized spacial score (nSPS) is 9.40. The molecular weight excluding hydrogens is 543 g/mol. The van der Waals surface area contributed by atoms with Crippen molar-refractivity contribution in [3.63, 3.8) is 0 Å². The van der Waals surface area contributed by atoms with Gasteiger partial charge in [0, 0.05) is 24.3 Å². The first kappa shape index (κ1) is 24.8. The molecule has 30 heavy (non-hydrogen) atoms. The molecule has 0 N–H and O–H groups in total. The standard InChI is InChI=1S/C8H6ClNO5.C8H6INO5/c2*9-5-14-8(11)15-7-3-1-6(2-4-7)10(12)13/h2*1-4H,5H2. The van der Waals surface area contributed by atoms with E-state index in [1.54, 1.807) is 0 Å². The van der Waals surface area contributed by atoms with E-state index in [9.17, 15) is 29.8 Å². The Morgan fingerprint density at radius 1 is 0.800 bits per heavy atom. The summed E-state index contributed by atoms with van der Waals surface area (Å²) in [7, 11) is 0. The van der Waals surface area contributed by atoms with Crippen LogP contribution in [0.2, 0.25) is 0 Å². The molecule has 2 aromatic rings. The van der Waals surface area contributed by atoms with E-state index < -0.39 is 22.2 Å². The fraction of sp³-hybridized carbons (Fsp3) is 0.125. The van der Waals surface area contributed by atoms with Crippen molar-refractivity contribution >= 4 is 57.9 Å². The van der Waals surface area contributed by atoms with Crippen LogP contribution >= 0.6 is 34.2 Å². The Bertz CT molecular complexity index is 803. The fourth-order valence-corrected chi connectivity index (χ4v) is 1.96. The van der Waals surface area contributed by atoms with Crippen LogP contribution in [0.15, 0.2) is 48.5 Å². The van der Waals surface area contributed by atoms with Gasteiger partial charge in [0.1, 0.15) is 16.1 Å². The highest BCUT2D eigenvalue weighted by Gasteiger charge is 2.09. The topological polar surface area (TPSA) is 157 Å². The van der Waals surface area contributed by atoms with E-state index in [0.717, 1.165) is 0 Å². The van der Waals surface area contributed by atoms with Crippen LogP contribution in [0.3, 0.4) is 0 Å². The maximum atomic E-state index is 10.8. The van der Waals surface area contributed by atoms with Crippen molar-refractivity contribution in [1.82, 2.24) is 0 Å². The van der Waals surface area contributed by atoms with E-state index in [4.69, 9.17) is 16.3 Å². The molecule has 0 aliphatic heterocycles. The zero-order valence-corrected chi connectivity index (χ0v) is 17.7. The van der Waals surface area contributed by atoms with Gasteiger partial charge < -0.3 is 18.9 Å². The second kappa shape index (κ2) is 13.1. The second-order valence-electron chi connectivity index (χ2n) is 4.71. The fourth-order valence-electron chi connectivity index (χ4n) is 1.61. The Morgan fingerprint density at radius 3 is 1.47 bits per heavy atom. The molecule has 160 valence electrons. The molecule has 12 nitrogen and oxygen atoms in total. The van der Waals surface area contributed by atoms with Gasteiger partial charge in [-0.3, -0.25) is 20.2 Å². The number of benzene rings is 2. The number of nitro groups is 2. The van der Waals surface area contributed by atoms with Crippen LogP contribution in [0.1, 0.15) is 0 Å². The number of rotatable bonds is 6. The largest absolute Gasteiger partial charge is 0.515 e. The number of halogens is 2. The maximum Gasteiger partial charge on any atom is 0.515 e. The summed E-state index contributed by atoms with van der Waals surface area (Å²) in [5.41, 5.74) is -0.155. The van der Waals surface area contributed by atoms with Crippen LogP contribution in [0.25, 0.3) is 0 Å². The van der Waals surface area contributed by atoms with Crippen LogP contribution in [0.4, 0.5) is 21.0 Å². The third kappa shape index (κ3) is 9.33. The Morgan fingerprint density at radius 2 is 1.17 bits per heavy atom. The summed E-state index contributed by atoms with van der Waals surface area (Å²) in [6, 6.07) is 9.82. The molecule has 0 spiro atoms. The third-order valence-corrected chi connectivity index (χ3v) is 3.26. The summed E-state index contributed by atoms with van der Waals surface area (Å²) in [4.78, 5) is 41.1. The minimum Gasteiger partial charge on any atom is -0.423 e. The van der Waals surface area contributed by atoms with Gasteiger partial charge in [-0.15, -0.1) is 0 Å². The van der Waals surface area contributed by atoms with Gasteiger partial charge in [0.2, 0.25) is 0 Å². The van der Waals surface area contributed by atoms with Gasteiger partial charge in [0.15, 0.2) is 6.07 Å². The van der Waals surface area contributed by atoms with Crippen molar-refractivity contribution in [2.45, 2.75) is 0 Å². The number of non-ortho nitro benzene ring substituents is 2. The number of nitrogens with zero attached hydrogens (tertiary/aromatic N) is 2. The van der Waals surface area contributed by atoms with Crippen molar-refractivity contribution in [1.29, 1.82) is 0 Å². The number of carbonyl (C=O) groups excluding carboxylic acids is 2. The lowest BCUT2D eigenvalue weighted by Crippen LogP contribution is -2.09. The van der Waals surface area contributed by atoms with Crippen molar-refractivity contribution < 1.29 is 38.4 Å². The van der Waals surface area contributed by atoms with E-state index in [-0.39, 0.29) is 33.6 Å². The van der Waals surface area contributed by atoms with Crippen molar-refractivity contribution in [2.24, 2.45) is 0 Å². The third-order valence-electron chi connectivity index (χ3n) is 2.84. The molecule has 0 aliphatic carbocycles. The van der Waals surface area contributed by atoms with Crippen LogP contribution in [-0.2, 0) is 9.47 Å². The van der Waals surface area contributed by atoms with Gasteiger partial charge in [-0.25, -0.2) is 9.59 Å². The molecule has 0 bridgehead atoms. The van der Waals surface area contributed by atoms with Gasteiger partial charge in [-0.1, -0.05) is 11.6 Å². The van der Waals surface area contributed by atoms with Gasteiger partial charge in [0.05, 0.1) is 9.85 Å². The van der Waals surface area contributed by atoms with Gasteiger partial charge >= 0.3 is 12.3 Å². The molecule has 14 heteroatoms. The summed E-state index contributed by atoms with van der Waals surface area (Å²) >= 11 is 6.96. The summed E-state index contributed by atoms with van der Waals surface area (Å²) in [6.45, 7) is 0. The van der Waals surface area contributed by atoms with Gasteiger partial charge in [-0.2, -0.15) is 0 Å². The van der Waals surface area contributed by atoms with Crippen molar-refractivity contribution in [3.05, 3.63) is 68.8 Å². The van der Waals surface area contributed by atoms with Crippen LogP contribution in [0, 0.1) is 20.2 Å². The molecule has 2 rings (SSSR count). The molecule has 0 fully saturated rings. The lowest BCUT2D eigenvalue weighted by molar-refractivity contribution is -0.385. The molecule has 0 amide bonds. The first-order valence-corrected chi connectivity index (χ1v) is 9.63. The molecule has 0 aromatic heterocycles. The predicted octanol–water partition coefficient (Wildman–Crippen LogP) is 4.81. The van der Waals surface area contributed by atoms with E-state index >= 15 is 0 Å². The summed E-state index contributed by atoms with van der Waals surface area (Å²) in [6.07, 6.45) is -1.79. The summed E-state index contributed by atoms with van der Waals surface area (Å²) < 4.78 is 18.3. The Kier molecular flexibility index (Phi) is 10.8. The van der Waals surface area contributed by atoms with Gasteiger partial charge in [0.25, 0.3) is 11.4 Å². The van der Waals surface area contributed by atoms with E-state index in [2.05, 4.69) is 14.2 Å².